The van der Waals surface area contributed by atoms with E-state index in [1.54, 1.807) is 6.92 Å². The first-order valence-corrected chi connectivity index (χ1v) is 5.86. The van der Waals surface area contributed by atoms with Crippen molar-refractivity contribution in [1.29, 1.82) is 0 Å². The number of rotatable bonds is 3. The summed E-state index contributed by atoms with van der Waals surface area (Å²) >= 11 is 0. The summed E-state index contributed by atoms with van der Waals surface area (Å²) < 4.78 is 38.2. The first-order valence-electron chi connectivity index (χ1n) is 5.86. The van der Waals surface area contributed by atoms with E-state index >= 15 is 0 Å². The molecule has 1 atom stereocenters. The molecule has 106 valence electrons. The largest absolute Gasteiger partial charge is 0.416 e. The minimum absolute atomic E-state index is 0.0908. The lowest BCUT2D eigenvalue weighted by molar-refractivity contribution is -0.138. The van der Waals surface area contributed by atoms with Crippen molar-refractivity contribution >= 4 is 11.6 Å². The van der Waals surface area contributed by atoms with E-state index in [1.165, 1.54) is 26.0 Å². The van der Waals surface area contributed by atoms with Crippen molar-refractivity contribution in [2.45, 2.75) is 38.9 Å². The van der Waals surface area contributed by atoms with Crippen LogP contribution in [0.3, 0.4) is 0 Å². The summed E-state index contributed by atoms with van der Waals surface area (Å²) in [6.45, 7) is 4.63. The Bertz CT molecular complexity index is 481. The summed E-state index contributed by atoms with van der Waals surface area (Å²) in [5.74, 6) is -0.507. The zero-order chi connectivity index (χ0) is 14.8. The van der Waals surface area contributed by atoms with Gasteiger partial charge in [0.15, 0.2) is 0 Å². The number of carbonyl (C=O) groups is 1. The lowest BCUT2D eigenvalue weighted by atomic mass is 9.99. The number of anilines is 1. The second kappa shape index (κ2) is 5.21. The topological polar surface area (TPSA) is 55.1 Å². The smallest absolute Gasteiger partial charge is 0.324 e. The van der Waals surface area contributed by atoms with Crippen LogP contribution in [0.25, 0.3) is 0 Å². The number of hydrogen-bond donors (Lipinski definition) is 2. The zero-order valence-electron chi connectivity index (χ0n) is 11.1. The summed E-state index contributed by atoms with van der Waals surface area (Å²) in [7, 11) is 0. The van der Waals surface area contributed by atoms with Crippen LogP contribution in [0.5, 0.6) is 0 Å². The van der Waals surface area contributed by atoms with Crippen molar-refractivity contribution in [3.63, 3.8) is 0 Å². The van der Waals surface area contributed by atoms with Gasteiger partial charge < -0.3 is 11.1 Å². The Kier molecular flexibility index (Phi) is 4.25. The maximum absolute atomic E-state index is 12.7. The van der Waals surface area contributed by atoms with E-state index in [2.05, 4.69) is 5.32 Å². The van der Waals surface area contributed by atoms with E-state index in [0.717, 1.165) is 6.07 Å². The molecule has 1 aromatic rings. The first-order chi connectivity index (χ1) is 8.58. The van der Waals surface area contributed by atoms with Crippen molar-refractivity contribution in [1.82, 2.24) is 0 Å². The predicted molar refractivity (Wildman–Crippen MR) is 67.7 cm³/mol. The Morgan fingerprint density at radius 1 is 1.37 bits per heavy atom. The average molecular weight is 274 g/mol. The van der Waals surface area contributed by atoms with Crippen molar-refractivity contribution in [3.05, 3.63) is 29.3 Å². The highest BCUT2D eigenvalue weighted by molar-refractivity contribution is 5.97. The molecule has 6 heteroatoms. The van der Waals surface area contributed by atoms with E-state index in [-0.39, 0.29) is 11.3 Å². The Labute approximate surface area is 110 Å². The number of hydrogen-bond acceptors (Lipinski definition) is 2. The molecule has 0 aliphatic carbocycles. The second-order valence-electron chi connectivity index (χ2n) is 4.75. The highest BCUT2D eigenvalue weighted by Crippen LogP contribution is 2.33. The number of benzene rings is 1. The molecule has 1 rings (SSSR count). The van der Waals surface area contributed by atoms with E-state index in [0.29, 0.717) is 6.42 Å². The minimum atomic E-state index is -4.44. The van der Waals surface area contributed by atoms with Crippen LogP contribution in [0.15, 0.2) is 18.2 Å². The van der Waals surface area contributed by atoms with Crippen LogP contribution in [0.2, 0.25) is 0 Å². The fourth-order valence-electron chi connectivity index (χ4n) is 1.44. The normalized spacial score (nSPS) is 14.9. The average Bonchev–Trinajstić information content (AvgIpc) is 2.30. The van der Waals surface area contributed by atoms with Crippen LogP contribution in [0.1, 0.15) is 31.4 Å². The zero-order valence-corrected chi connectivity index (χ0v) is 11.1. The summed E-state index contributed by atoms with van der Waals surface area (Å²) in [6, 6.07) is 3.66. The molecule has 0 saturated heterocycles. The van der Waals surface area contributed by atoms with Crippen LogP contribution >= 0.6 is 0 Å². The Morgan fingerprint density at radius 2 is 1.95 bits per heavy atom. The molecule has 3 N–H and O–H groups in total. The molecular weight excluding hydrogens is 257 g/mol. The number of nitrogens with two attached hydrogens (primary N) is 1. The molecule has 0 aliphatic heterocycles. The maximum atomic E-state index is 12.7. The predicted octanol–water partition coefficient (Wildman–Crippen LogP) is 3.08. The summed E-state index contributed by atoms with van der Waals surface area (Å²) in [6.07, 6.45) is -4.06. The van der Waals surface area contributed by atoms with Gasteiger partial charge in [-0.1, -0.05) is 13.0 Å². The van der Waals surface area contributed by atoms with Crippen molar-refractivity contribution in [3.8, 4) is 0 Å². The molecule has 19 heavy (non-hydrogen) atoms. The van der Waals surface area contributed by atoms with Gasteiger partial charge in [0.25, 0.3) is 0 Å². The maximum Gasteiger partial charge on any atom is 0.416 e. The third-order valence-electron chi connectivity index (χ3n) is 3.05. The number of nitrogens with one attached hydrogen (secondary N) is 1. The number of amides is 1. The van der Waals surface area contributed by atoms with Gasteiger partial charge in [-0.05, 0) is 38.0 Å². The molecule has 1 aromatic carbocycles. The van der Waals surface area contributed by atoms with Gasteiger partial charge >= 0.3 is 6.18 Å². The molecular formula is C13H17F3N2O. The van der Waals surface area contributed by atoms with E-state index in [1.807, 2.05) is 0 Å². The van der Waals surface area contributed by atoms with Crippen molar-refractivity contribution in [2.75, 3.05) is 5.32 Å². The summed E-state index contributed by atoms with van der Waals surface area (Å²) in [5.41, 5.74) is 4.05. The third kappa shape index (κ3) is 3.70. The molecule has 0 spiro atoms. The Balaban J connectivity index is 3.02. The van der Waals surface area contributed by atoms with Gasteiger partial charge in [-0.25, -0.2) is 0 Å². The van der Waals surface area contributed by atoms with Crippen LogP contribution in [0, 0.1) is 6.92 Å². The van der Waals surface area contributed by atoms with Crippen molar-refractivity contribution < 1.29 is 18.0 Å². The standard InChI is InChI=1S/C13H17F3N2O/c1-4-12(3,17)11(19)18-9-6-5-8(2)10(7-9)13(14,15)16/h5-7H,4,17H2,1-3H3,(H,18,19). The summed E-state index contributed by atoms with van der Waals surface area (Å²) in [4.78, 5) is 11.8. The lowest BCUT2D eigenvalue weighted by Crippen LogP contribution is -2.47. The van der Waals surface area contributed by atoms with E-state index in [4.69, 9.17) is 5.73 Å². The fourth-order valence-corrected chi connectivity index (χ4v) is 1.44. The molecule has 0 bridgehead atoms. The molecule has 0 fully saturated rings. The van der Waals surface area contributed by atoms with Gasteiger partial charge in [0.1, 0.15) is 0 Å². The molecule has 0 saturated carbocycles. The quantitative estimate of drug-likeness (QED) is 0.890. The monoisotopic (exact) mass is 274 g/mol. The van der Waals surface area contributed by atoms with Gasteiger partial charge in [-0.2, -0.15) is 13.2 Å². The van der Waals surface area contributed by atoms with Gasteiger partial charge in [0.05, 0.1) is 11.1 Å². The Morgan fingerprint density at radius 3 is 2.42 bits per heavy atom. The van der Waals surface area contributed by atoms with Gasteiger partial charge in [-0.15, -0.1) is 0 Å². The molecule has 0 heterocycles. The summed E-state index contributed by atoms with van der Waals surface area (Å²) in [5, 5.41) is 2.41. The van der Waals surface area contributed by atoms with Crippen LogP contribution < -0.4 is 11.1 Å². The number of halogens is 3. The Hall–Kier alpha value is -1.56. The highest BCUT2D eigenvalue weighted by Gasteiger charge is 2.33. The minimum Gasteiger partial charge on any atom is -0.324 e. The lowest BCUT2D eigenvalue weighted by Gasteiger charge is -2.22. The highest BCUT2D eigenvalue weighted by atomic mass is 19.4. The molecule has 3 nitrogen and oxygen atoms in total. The van der Waals surface area contributed by atoms with Gasteiger partial charge in [0, 0.05) is 5.69 Å². The van der Waals surface area contributed by atoms with Gasteiger partial charge in [-0.3, -0.25) is 4.79 Å². The molecule has 0 aromatic heterocycles. The van der Waals surface area contributed by atoms with E-state index < -0.39 is 23.2 Å². The van der Waals surface area contributed by atoms with Crippen LogP contribution in [-0.4, -0.2) is 11.4 Å². The van der Waals surface area contributed by atoms with Crippen LogP contribution in [-0.2, 0) is 11.0 Å². The van der Waals surface area contributed by atoms with E-state index in [9.17, 15) is 18.0 Å². The van der Waals surface area contributed by atoms with Crippen molar-refractivity contribution in [2.24, 2.45) is 5.73 Å². The number of aryl methyl sites for hydroxylation is 1. The first kappa shape index (κ1) is 15.5. The second-order valence-corrected chi connectivity index (χ2v) is 4.75. The molecule has 0 aliphatic rings. The molecule has 1 amide bonds. The SMILES string of the molecule is CCC(C)(N)C(=O)Nc1ccc(C)c(C(F)(F)F)c1. The van der Waals surface area contributed by atoms with Gasteiger partial charge in [0.2, 0.25) is 5.91 Å². The third-order valence-corrected chi connectivity index (χ3v) is 3.05. The number of alkyl halides is 3. The molecule has 0 radical (unpaired) electrons. The number of carbonyl (C=O) groups excluding carboxylic acids is 1. The fraction of sp³-hybridized carbons (Fsp3) is 0.462. The van der Waals surface area contributed by atoms with Crippen LogP contribution in [0.4, 0.5) is 18.9 Å². The molecule has 1 unspecified atom stereocenters.